The predicted molar refractivity (Wildman–Crippen MR) is 140 cm³/mol. The molecule has 1 amide bonds. The standard InChI is InChI=1S/C29H30Cl2F3NO4/c1-2-22(13-28(38,19-8-9-19)29(32,33)34)35-25(17-6-10-20(30)11-7-17)23(18-4-3-5-21(31)12-18)14-27(26(35)37)15-24(36)39-16-27/h3-7,10-12,19,22-23,25,38H,2,8-9,13-16H2,1H3. The van der Waals surface area contributed by atoms with E-state index in [1.165, 1.54) is 4.90 Å². The smallest absolute Gasteiger partial charge is 0.417 e. The summed E-state index contributed by atoms with van der Waals surface area (Å²) in [7, 11) is 0. The van der Waals surface area contributed by atoms with E-state index >= 15 is 0 Å². The largest absolute Gasteiger partial charge is 0.464 e. The van der Waals surface area contributed by atoms with Crippen molar-refractivity contribution in [1.82, 2.24) is 4.90 Å². The molecule has 3 fully saturated rings. The van der Waals surface area contributed by atoms with Gasteiger partial charge < -0.3 is 14.7 Å². The Balaban J connectivity index is 1.67. The second kappa shape index (κ2) is 10.3. The molecule has 2 aromatic carbocycles. The number of esters is 1. The number of alkyl halides is 3. The highest BCUT2D eigenvalue weighted by molar-refractivity contribution is 6.30. The molecule has 10 heteroatoms. The van der Waals surface area contributed by atoms with Gasteiger partial charge >= 0.3 is 12.1 Å². The Morgan fingerprint density at radius 3 is 2.31 bits per heavy atom. The van der Waals surface area contributed by atoms with Crippen LogP contribution in [-0.4, -0.2) is 46.3 Å². The molecule has 2 aromatic rings. The average Bonchev–Trinajstić information content (AvgIpc) is 3.67. The SMILES string of the molecule is CCC(CC(O)(C1CC1)C(F)(F)F)N1C(=O)C2(COC(=O)C2)CC(c2cccc(Cl)c2)C1c1ccc(Cl)cc1. The number of carbonyl (C=O) groups is 2. The number of carbonyl (C=O) groups excluding carboxylic acids is 2. The third kappa shape index (κ3) is 5.16. The number of rotatable bonds is 7. The molecule has 5 nitrogen and oxygen atoms in total. The van der Waals surface area contributed by atoms with Crippen molar-refractivity contribution in [1.29, 1.82) is 0 Å². The number of halogens is 5. The normalized spacial score (nSPS) is 27.9. The number of amides is 1. The van der Waals surface area contributed by atoms with Gasteiger partial charge in [-0.25, -0.2) is 0 Å². The molecule has 1 spiro atoms. The van der Waals surface area contributed by atoms with Gasteiger partial charge in [0.15, 0.2) is 5.60 Å². The molecule has 0 aromatic heterocycles. The lowest BCUT2D eigenvalue weighted by atomic mass is 9.66. The number of nitrogens with zero attached hydrogens (tertiary/aromatic N) is 1. The molecule has 39 heavy (non-hydrogen) atoms. The molecule has 5 rings (SSSR count). The second-order valence-corrected chi connectivity index (χ2v) is 12.0. The molecule has 2 saturated heterocycles. The maximum absolute atomic E-state index is 14.4. The van der Waals surface area contributed by atoms with Gasteiger partial charge in [-0.15, -0.1) is 0 Å². The van der Waals surface area contributed by atoms with E-state index in [1.807, 2.05) is 6.07 Å². The third-order valence-corrected chi connectivity index (χ3v) is 9.10. The van der Waals surface area contributed by atoms with Crippen LogP contribution in [0.25, 0.3) is 0 Å². The maximum atomic E-state index is 14.4. The summed E-state index contributed by atoms with van der Waals surface area (Å²) in [5, 5.41) is 12.0. The molecule has 2 aliphatic heterocycles. The van der Waals surface area contributed by atoms with E-state index in [-0.39, 0.29) is 38.7 Å². The van der Waals surface area contributed by atoms with Crippen LogP contribution in [-0.2, 0) is 14.3 Å². The topological polar surface area (TPSA) is 66.8 Å². The van der Waals surface area contributed by atoms with E-state index in [0.717, 1.165) is 5.56 Å². The van der Waals surface area contributed by atoms with Crippen LogP contribution >= 0.6 is 23.2 Å². The molecule has 1 saturated carbocycles. The van der Waals surface area contributed by atoms with E-state index in [4.69, 9.17) is 27.9 Å². The van der Waals surface area contributed by atoms with E-state index in [1.54, 1.807) is 49.4 Å². The monoisotopic (exact) mass is 583 g/mol. The van der Waals surface area contributed by atoms with Crippen molar-refractivity contribution in [3.05, 3.63) is 69.7 Å². The van der Waals surface area contributed by atoms with Crippen LogP contribution in [0.5, 0.6) is 0 Å². The molecule has 0 bridgehead atoms. The number of aliphatic hydroxyl groups is 1. The highest BCUT2D eigenvalue weighted by atomic mass is 35.5. The zero-order valence-electron chi connectivity index (χ0n) is 21.4. The van der Waals surface area contributed by atoms with Gasteiger partial charge in [0.25, 0.3) is 0 Å². The van der Waals surface area contributed by atoms with Gasteiger partial charge in [-0.1, -0.05) is 54.4 Å². The predicted octanol–water partition coefficient (Wildman–Crippen LogP) is 6.86. The van der Waals surface area contributed by atoms with Crippen molar-refractivity contribution in [3.63, 3.8) is 0 Å². The molecule has 210 valence electrons. The number of benzene rings is 2. The Labute approximate surface area is 235 Å². The van der Waals surface area contributed by atoms with Crippen LogP contribution < -0.4 is 0 Å². The fraction of sp³-hybridized carbons (Fsp3) is 0.517. The summed E-state index contributed by atoms with van der Waals surface area (Å²) in [5.74, 6) is -2.27. The minimum Gasteiger partial charge on any atom is -0.464 e. The van der Waals surface area contributed by atoms with Crippen LogP contribution in [0.4, 0.5) is 13.2 Å². The number of hydrogen-bond donors (Lipinski definition) is 1. The Morgan fingerprint density at radius 1 is 1.08 bits per heavy atom. The summed E-state index contributed by atoms with van der Waals surface area (Å²) < 4.78 is 48.2. The fourth-order valence-electron chi connectivity index (χ4n) is 6.44. The Hall–Kier alpha value is -2.29. The van der Waals surface area contributed by atoms with Crippen molar-refractivity contribution < 1.29 is 32.6 Å². The van der Waals surface area contributed by atoms with Crippen LogP contribution in [0.1, 0.15) is 68.5 Å². The minimum atomic E-state index is -4.85. The molecule has 1 N–H and O–H groups in total. The summed E-state index contributed by atoms with van der Waals surface area (Å²) in [6.45, 7) is 1.57. The summed E-state index contributed by atoms with van der Waals surface area (Å²) in [6.07, 6.45) is -4.68. The van der Waals surface area contributed by atoms with Gasteiger partial charge in [0.05, 0.1) is 17.9 Å². The highest BCUT2D eigenvalue weighted by Gasteiger charge is 2.64. The van der Waals surface area contributed by atoms with Crippen LogP contribution in [0.3, 0.4) is 0 Å². The van der Waals surface area contributed by atoms with Gasteiger partial charge in [-0.05, 0) is 67.0 Å². The molecule has 1 aliphatic carbocycles. The lowest BCUT2D eigenvalue weighted by molar-refractivity contribution is -0.275. The van der Waals surface area contributed by atoms with E-state index in [0.29, 0.717) is 15.6 Å². The number of piperidine rings is 1. The summed E-state index contributed by atoms with van der Waals surface area (Å²) in [6, 6.07) is 12.4. The molecular weight excluding hydrogens is 554 g/mol. The second-order valence-electron chi connectivity index (χ2n) is 11.2. The molecule has 0 radical (unpaired) electrons. The summed E-state index contributed by atoms with van der Waals surface area (Å²) in [5.41, 5.74) is -2.66. The first kappa shape index (κ1) is 28.2. The Morgan fingerprint density at radius 2 is 1.77 bits per heavy atom. The molecular formula is C29H30Cl2F3NO4. The zero-order chi connectivity index (χ0) is 28.2. The third-order valence-electron chi connectivity index (χ3n) is 8.62. The lowest BCUT2D eigenvalue weighted by Crippen LogP contribution is -2.60. The molecule has 5 unspecified atom stereocenters. The zero-order valence-corrected chi connectivity index (χ0v) is 22.9. The van der Waals surface area contributed by atoms with E-state index in [2.05, 4.69) is 0 Å². The van der Waals surface area contributed by atoms with Gasteiger partial charge in [0.1, 0.15) is 6.61 Å². The number of cyclic esters (lactones) is 1. The fourth-order valence-corrected chi connectivity index (χ4v) is 6.76. The first-order valence-electron chi connectivity index (χ1n) is 13.2. The van der Waals surface area contributed by atoms with Crippen molar-refractivity contribution in [3.8, 4) is 0 Å². The quantitative estimate of drug-likeness (QED) is 0.362. The first-order chi connectivity index (χ1) is 18.4. The minimum absolute atomic E-state index is 0.145. The van der Waals surface area contributed by atoms with Gasteiger partial charge in [-0.2, -0.15) is 13.2 Å². The molecule has 2 heterocycles. The Kier molecular flexibility index (Phi) is 7.44. The van der Waals surface area contributed by atoms with Crippen LogP contribution in [0.15, 0.2) is 48.5 Å². The summed E-state index contributed by atoms with van der Waals surface area (Å²) >= 11 is 12.5. The highest BCUT2D eigenvalue weighted by Crippen LogP contribution is 2.56. The van der Waals surface area contributed by atoms with Crippen molar-refractivity contribution in [2.24, 2.45) is 11.3 Å². The van der Waals surface area contributed by atoms with E-state index < -0.39 is 59.4 Å². The van der Waals surface area contributed by atoms with Gasteiger partial charge in [0, 0.05) is 28.4 Å². The summed E-state index contributed by atoms with van der Waals surface area (Å²) in [4.78, 5) is 28.2. The van der Waals surface area contributed by atoms with Crippen molar-refractivity contribution >= 4 is 35.1 Å². The maximum Gasteiger partial charge on any atom is 0.417 e. The average molecular weight is 584 g/mol. The van der Waals surface area contributed by atoms with Crippen molar-refractivity contribution in [2.75, 3.05) is 6.61 Å². The Bertz CT molecular complexity index is 1250. The molecule has 3 aliphatic rings. The first-order valence-corrected chi connectivity index (χ1v) is 13.9. The van der Waals surface area contributed by atoms with Gasteiger partial charge in [0.2, 0.25) is 5.91 Å². The van der Waals surface area contributed by atoms with E-state index in [9.17, 15) is 27.9 Å². The van der Waals surface area contributed by atoms with Crippen LogP contribution in [0.2, 0.25) is 10.0 Å². The molecule has 5 atom stereocenters. The number of hydrogen-bond acceptors (Lipinski definition) is 4. The number of likely N-dealkylation sites (tertiary alicyclic amines) is 1. The van der Waals surface area contributed by atoms with Crippen molar-refractivity contribution in [2.45, 2.75) is 75.2 Å². The van der Waals surface area contributed by atoms with Gasteiger partial charge in [-0.3, -0.25) is 9.59 Å². The number of ether oxygens (including phenoxy) is 1. The van der Waals surface area contributed by atoms with Crippen LogP contribution in [0, 0.1) is 11.3 Å². The lowest BCUT2D eigenvalue weighted by Gasteiger charge is -2.52.